The molecule has 114 valence electrons. The number of likely N-dealkylation sites (tertiary alicyclic amines) is 1. The number of aliphatic carboxylic acids is 1. The average Bonchev–Trinajstić information content (AvgIpc) is 2.68. The second-order valence-electron chi connectivity index (χ2n) is 5.26. The Kier molecular flexibility index (Phi) is 5.07. The molecule has 1 unspecified atom stereocenters. The third kappa shape index (κ3) is 3.67. The number of benzene rings is 1. The number of carboxylic acid groups (broad SMARTS) is 1. The van der Waals surface area contributed by atoms with Crippen LogP contribution in [0.2, 0.25) is 5.02 Å². The van der Waals surface area contributed by atoms with E-state index >= 15 is 0 Å². The molecular formula is C15H19ClN2O3. The van der Waals surface area contributed by atoms with Crippen LogP contribution in [0.3, 0.4) is 0 Å². The molecule has 0 spiro atoms. The number of hydrogen-bond donors (Lipinski definition) is 2. The van der Waals surface area contributed by atoms with Crippen LogP contribution in [0.4, 0.5) is 10.5 Å². The molecule has 21 heavy (non-hydrogen) atoms. The lowest BCUT2D eigenvalue weighted by Crippen LogP contribution is -2.46. The van der Waals surface area contributed by atoms with Gasteiger partial charge in [-0.05, 0) is 31.4 Å². The number of carbonyl (C=O) groups is 2. The highest BCUT2D eigenvalue weighted by Crippen LogP contribution is 2.26. The molecule has 2 N–H and O–H groups in total. The second-order valence-corrected chi connectivity index (χ2v) is 5.67. The Morgan fingerprint density at radius 1 is 1.33 bits per heavy atom. The lowest BCUT2D eigenvalue weighted by molar-refractivity contribution is -0.142. The molecule has 6 heteroatoms. The minimum atomic E-state index is -0.956. The second kappa shape index (κ2) is 6.80. The van der Waals surface area contributed by atoms with Crippen LogP contribution in [0.5, 0.6) is 0 Å². The lowest BCUT2D eigenvalue weighted by Gasteiger charge is -2.27. The molecule has 1 aromatic rings. The molecule has 1 heterocycles. The Morgan fingerprint density at radius 3 is 2.76 bits per heavy atom. The monoisotopic (exact) mass is 310 g/mol. The maximum Gasteiger partial charge on any atom is 0.326 e. The van der Waals surface area contributed by atoms with Gasteiger partial charge in [-0.25, -0.2) is 9.59 Å². The van der Waals surface area contributed by atoms with Gasteiger partial charge < -0.3 is 15.3 Å². The van der Waals surface area contributed by atoms with Gasteiger partial charge in [-0.15, -0.1) is 0 Å². The van der Waals surface area contributed by atoms with E-state index in [9.17, 15) is 14.7 Å². The van der Waals surface area contributed by atoms with Crippen molar-refractivity contribution >= 4 is 29.3 Å². The van der Waals surface area contributed by atoms with Crippen LogP contribution in [-0.2, 0) is 4.79 Å². The molecule has 2 amide bonds. The molecule has 1 aliphatic rings. The van der Waals surface area contributed by atoms with Gasteiger partial charge >= 0.3 is 12.0 Å². The fourth-order valence-corrected chi connectivity index (χ4v) is 2.85. The van der Waals surface area contributed by atoms with Crippen molar-refractivity contribution in [2.24, 2.45) is 0 Å². The molecule has 0 aliphatic carbocycles. The summed E-state index contributed by atoms with van der Waals surface area (Å²) in [5.41, 5.74) is 1.38. The SMILES string of the molecule is Cc1cccc(Cl)c1NC(=O)N1CCCCCC1C(=O)O. The van der Waals surface area contributed by atoms with E-state index in [2.05, 4.69) is 5.32 Å². The molecule has 1 aliphatic heterocycles. The van der Waals surface area contributed by atoms with Crippen molar-refractivity contribution in [3.05, 3.63) is 28.8 Å². The molecular weight excluding hydrogens is 292 g/mol. The molecule has 1 saturated heterocycles. The number of carboxylic acids is 1. The number of anilines is 1. The fraction of sp³-hybridized carbons (Fsp3) is 0.467. The van der Waals surface area contributed by atoms with Crippen molar-refractivity contribution in [3.8, 4) is 0 Å². The first kappa shape index (κ1) is 15.6. The molecule has 1 atom stereocenters. The first-order valence-electron chi connectivity index (χ1n) is 7.06. The molecule has 5 nitrogen and oxygen atoms in total. The number of para-hydroxylation sites is 1. The van der Waals surface area contributed by atoms with E-state index < -0.39 is 18.0 Å². The van der Waals surface area contributed by atoms with E-state index in [0.29, 0.717) is 23.7 Å². The summed E-state index contributed by atoms with van der Waals surface area (Å²) in [5, 5.41) is 12.5. The number of amides is 2. The number of urea groups is 1. The molecule has 0 saturated carbocycles. The van der Waals surface area contributed by atoms with Crippen LogP contribution in [-0.4, -0.2) is 34.6 Å². The maximum atomic E-state index is 12.4. The van der Waals surface area contributed by atoms with Gasteiger partial charge in [0.05, 0.1) is 10.7 Å². The van der Waals surface area contributed by atoms with Gasteiger partial charge in [0.25, 0.3) is 0 Å². The third-order valence-electron chi connectivity index (χ3n) is 3.75. The Bertz CT molecular complexity index is 527. The quantitative estimate of drug-likeness (QED) is 0.878. The summed E-state index contributed by atoms with van der Waals surface area (Å²) in [4.78, 5) is 25.2. The summed E-state index contributed by atoms with van der Waals surface area (Å²) in [6, 6.07) is 4.18. The van der Waals surface area contributed by atoms with Crippen LogP contribution in [0, 0.1) is 6.92 Å². The first-order valence-corrected chi connectivity index (χ1v) is 7.44. The van der Waals surface area contributed by atoms with Crippen LogP contribution in [0.15, 0.2) is 18.2 Å². The van der Waals surface area contributed by atoms with Crippen LogP contribution in [0.25, 0.3) is 0 Å². The minimum Gasteiger partial charge on any atom is -0.480 e. The lowest BCUT2D eigenvalue weighted by atomic mass is 10.1. The van der Waals surface area contributed by atoms with Gasteiger partial charge in [0, 0.05) is 6.54 Å². The number of aryl methyl sites for hydroxylation is 1. The topological polar surface area (TPSA) is 69.6 Å². The van der Waals surface area contributed by atoms with E-state index in [-0.39, 0.29) is 0 Å². The molecule has 1 fully saturated rings. The van der Waals surface area contributed by atoms with Crippen molar-refractivity contribution in [1.82, 2.24) is 4.90 Å². The summed E-state index contributed by atoms with van der Waals surface area (Å²) >= 11 is 6.09. The van der Waals surface area contributed by atoms with Crippen molar-refractivity contribution in [3.63, 3.8) is 0 Å². The fourth-order valence-electron chi connectivity index (χ4n) is 2.58. The van der Waals surface area contributed by atoms with Crippen molar-refractivity contribution in [2.45, 2.75) is 38.6 Å². The summed E-state index contributed by atoms with van der Waals surface area (Å²) in [7, 11) is 0. The van der Waals surface area contributed by atoms with Crippen molar-refractivity contribution in [1.29, 1.82) is 0 Å². The van der Waals surface area contributed by atoms with Gasteiger partial charge in [0.15, 0.2) is 0 Å². The third-order valence-corrected chi connectivity index (χ3v) is 4.07. The van der Waals surface area contributed by atoms with Gasteiger partial charge in [0.2, 0.25) is 0 Å². The van der Waals surface area contributed by atoms with Crippen LogP contribution >= 0.6 is 11.6 Å². The van der Waals surface area contributed by atoms with Gasteiger partial charge in [-0.3, -0.25) is 0 Å². The predicted molar refractivity (Wildman–Crippen MR) is 81.8 cm³/mol. The Labute approximate surface area is 128 Å². The van der Waals surface area contributed by atoms with Crippen LogP contribution in [0.1, 0.15) is 31.2 Å². The normalized spacial score (nSPS) is 19.0. The summed E-state index contributed by atoms with van der Waals surface area (Å²) in [6.07, 6.45) is 3.08. The molecule has 0 radical (unpaired) electrons. The number of rotatable bonds is 2. The summed E-state index contributed by atoms with van der Waals surface area (Å²) in [6.45, 7) is 2.30. The van der Waals surface area contributed by atoms with E-state index in [1.54, 1.807) is 12.1 Å². The number of hydrogen-bond acceptors (Lipinski definition) is 2. The Balaban J connectivity index is 2.19. The average molecular weight is 311 g/mol. The number of halogens is 1. The zero-order valence-corrected chi connectivity index (χ0v) is 12.7. The highest BCUT2D eigenvalue weighted by Gasteiger charge is 2.31. The number of carbonyl (C=O) groups excluding carboxylic acids is 1. The zero-order valence-electron chi connectivity index (χ0n) is 11.9. The van der Waals surface area contributed by atoms with Gasteiger partial charge in [0.1, 0.15) is 6.04 Å². The minimum absolute atomic E-state index is 0.402. The smallest absolute Gasteiger partial charge is 0.326 e. The molecule has 0 bridgehead atoms. The Hall–Kier alpha value is -1.75. The largest absolute Gasteiger partial charge is 0.480 e. The number of nitrogens with one attached hydrogen (secondary N) is 1. The molecule has 2 rings (SSSR count). The van der Waals surface area contributed by atoms with Crippen LogP contribution < -0.4 is 5.32 Å². The predicted octanol–water partition coefficient (Wildman–Crippen LogP) is 3.51. The highest BCUT2D eigenvalue weighted by atomic mass is 35.5. The standard InChI is InChI=1S/C15H19ClN2O3/c1-10-6-5-7-11(16)13(10)17-15(21)18-9-4-2-3-8-12(18)14(19)20/h5-7,12H,2-4,8-9H2,1H3,(H,17,21)(H,19,20). The van der Waals surface area contributed by atoms with E-state index in [4.69, 9.17) is 11.6 Å². The first-order chi connectivity index (χ1) is 10.0. The molecule has 0 aromatic heterocycles. The molecule has 1 aromatic carbocycles. The van der Waals surface area contributed by atoms with Crippen molar-refractivity contribution < 1.29 is 14.7 Å². The van der Waals surface area contributed by atoms with E-state index in [1.165, 1.54) is 4.90 Å². The Morgan fingerprint density at radius 2 is 2.10 bits per heavy atom. The van der Waals surface area contributed by atoms with Crippen molar-refractivity contribution in [2.75, 3.05) is 11.9 Å². The number of nitrogens with zero attached hydrogens (tertiary/aromatic N) is 1. The van der Waals surface area contributed by atoms with E-state index in [0.717, 1.165) is 24.8 Å². The van der Waals surface area contributed by atoms with Gasteiger partial charge in [-0.2, -0.15) is 0 Å². The van der Waals surface area contributed by atoms with E-state index in [1.807, 2.05) is 13.0 Å². The highest BCUT2D eigenvalue weighted by molar-refractivity contribution is 6.33. The zero-order chi connectivity index (χ0) is 15.4. The maximum absolute atomic E-state index is 12.4. The van der Waals surface area contributed by atoms with Gasteiger partial charge in [-0.1, -0.05) is 36.6 Å². The summed E-state index contributed by atoms with van der Waals surface area (Å²) < 4.78 is 0. The summed E-state index contributed by atoms with van der Waals surface area (Å²) in [5.74, 6) is -0.956.